The van der Waals surface area contributed by atoms with E-state index in [2.05, 4.69) is 9.84 Å². The third-order valence-corrected chi connectivity index (χ3v) is 2.55. The van der Waals surface area contributed by atoms with Gasteiger partial charge in [0.2, 0.25) is 0 Å². The third kappa shape index (κ3) is 2.35. The van der Waals surface area contributed by atoms with E-state index in [0.29, 0.717) is 24.9 Å². The summed E-state index contributed by atoms with van der Waals surface area (Å²) in [5.41, 5.74) is 0.431. The molecule has 0 radical (unpaired) electrons. The van der Waals surface area contributed by atoms with Crippen molar-refractivity contribution in [1.82, 2.24) is 14.2 Å². The second-order valence-electron chi connectivity index (χ2n) is 3.64. The van der Waals surface area contributed by atoms with E-state index in [1.807, 2.05) is 0 Å². The van der Waals surface area contributed by atoms with Crippen LogP contribution in [0.5, 0.6) is 0 Å². The predicted octanol–water partition coefficient (Wildman–Crippen LogP) is 0.449. The van der Waals surface area contributed by atoms with Gasteiger partial charge < -0.3 is 9.30 Å². The molecule has 2 aromatic rings. The van der Waals surface area contributed by atoms with Gasteiger partial charge in [0.25, 0.3) is 5.56 Å². The van der Waals surface area contributed by atoms with Crippen molar-refractivity contribution >= 4 is 11.5 Å². The van der Waals surface area contributed by atoms with Gasteiger partial charge in [0, 0.05) is 25.4 Å². The maximum atomic E-state index is 11.9. The molecule has 0 amide bonds. The molecule has 0 atom stereocenters. The number of aromatic nitrogens is 3. The minimum absolute atomic E-state index is 0.102. The number of carbonyl (C=O) groups excluding carboxylic acids is 1. The summed E-state index contributed by atoms with van der Waals surface area (Å²) in [5, 5.41) is 3.97. The van der Waals surface area contributed by atoms with Crippen LogP contribution in [0.25, 0.3) is 5.52 Å². The first-order valence-corrected chi connectivity index (χ1v) is 5.32. The molecule has 0 aliphatic heterocycles. The lowest BCUT2D eigenvalue weighted by molar-refractivity contribution is -0.140. The van der Waals surface area contributed by atoms with E-state index < -0.39 is 0 Å². The van der Waals surface area contributed by atoms with Crippen LogP contribution in [0.15, 0.2) is 29.5 Å². The molecule has 0 N–H and O–H groups in total. The minimum atomic E-state index is -0.261. The van der Waals surface area contributed by atoms with Gasteiger partial charge in [0.1, 0.15) is 5.52 Å². The molecular formula is C11H13N3O3. The molecule has 6 nitrogen and oxygen atoms in total. The maximum absolute atomic E-state index is 11.9. The van der Waals surface area contributed by atoms with E-state index in [4.69, 9.17) is 0 Å². The van der Waals surface area contributed by atoms with Crippen LogP contribution in [0.4, 0.5) is 0 Å². The Morgan fingerprint density at radius 2 is 2.29 bits per heavy atom. The molecule has 0 unspecified atom stereocenters. The van der Waals surface area contributed by atoms with Crippen LogP contribution in [0, 0.1) is 0 Å². The highest BCUT2D eigenvalue weighted by Gasteiger charge is 2.04. The highest BCUT2D eigenvalue weighted by Crippen LogP contribution is 1.98. The standard InChI is InChI=1S/C11H13N3O3/c1-17-10(15)3-2-6-13-7-8-14-9(11(13)16)4-5-12-14/h4-5,7-8H,2-3,6H2,1H3. The lowest BCUT2D eigenvalue weighted by Gasteiger charge is -2.05. The van der Waals surface area contributed by atoms with Crippen LogP contribution < -0.4 is 5.56 Å². The summed E-state index contributed by atoms with van der Waals surface area (Å²) in [5.74, 6) is -0.261. The number of hydrogen-bond acceptors (Lipinski definition) is 4. The van der Waals surface area contributed by atoms with E-state index >= 15 is 0 Å². The number of fused-ring (bicyclic) bond motifs is 1. The van der Waals surface area contributed by atoms with Gasteiger partial charge in [-0.3, -0.25) is 9.59 Å². The topological polar surface area (TPSA) is 65.6 Å². The highest BCUT2D eigenvalue weighted by molar-refractivity contribution is 5.68. The Balaban J connectivity index is 2.11. The minimum Gasteiger partial charge on any atom is -0.469 e. The van der Waals surface area contributed by atoms with E-state index in [9.17, 15) is 9.59 Å². The number of hydrogen-bond donors (Lipinski definition) is 0. The molecule has 6 heteroatoms. The third-order valence-electron chi connectivity index (χ3n) is 2.55. The first-order valence-electron chi connectivity index (χ1n) is 5.32. The molecule has 0 aliphatic carbocycles. The highest BCUT2D eigenvalue weighted by atomic mass is 16.5. The van der Waals surface area contributed by atoms with Gasteiger partial charge >= 0.3 is 5.97 Å². The van der Waals surface area contributed by atoms with Crippen molar-refractivity contribution in [1.29, 1.82) is 0 Å². The Bertz CT molecular complexity index is 585. The maximum Gasteiger partial charge on any atom is 0.305 e. The molecule has 17 heavy (non-hydrogen) atoms. The molecule has 0 aliphatic rings. The van der Waals surface area contributed by atoms with Crippen LogP contribution in [0.2, 0.25) is 0 Å². The fraction of sp³-hybridized carbons (Fsp3) is 0.364. The van der Waals surface area contributed by atoms with E-state index in [0.717, 1.165) is 0 Å². The Hall–Kier alpha value is -2.11. The number of aryl methyl sites for hydroxylation is 1. The number of esters is 1. The molecule has 90 valence electrons. The predicted molar refractivity (Wildman–Crippen MR) is 60.7 cm³/mol. The number of rotatable bonds is 4. The van der Waals surface area contributed by atoms with Crippen molar-refractivity contribution in [3.8, 4) is 0 Å². The molecule has 2 heterocycles. The first-order chi connectivity index (χ1) is 8.22. The van der Waals surface area contributed by atoms with Gasteiger partial charge in [-0.05, 0) is 12.5 Å². The Labute approximate surface area is 97.4 Å². The van der Waals surface area contributed by atoms with Crippen molar-refractivity contribution < 1.29 is 9.53 Å². The molecule has 0 spiro atoms. The molecule has 0 saturated heterocycles. The Kier molecular flexibility index (Phi) is 3.22. The quantitative estimate of drug-likeness (QED) is 0.722. The van der Waals surface area contributed by atoms with Crippen LogP contribution in [0.1, 0.15) is 12.8 Å². The summed E-state index contributed by atoms with van der Waals surface area (Å²) >= 11 is 0. The summed E-state index contributed by atoms with van der Waals surface area (Å²) in [6, 6.07) is 1.67. The van der Waals surface area contributed by atoms with Crippen LogP contribution >= 0.6 is 0 Å². The second-order valence-corrected chi connectivity index (χ2v) is 3.64. The van der Waals surface area contributed by atoms with Gasteiger partial charge in [-0.15, -0.1) is 0 Å². The smallest absolute Gasteiger partial charge is 0.305 e. The molecule has 0 saturated carbocycles. The summed E-state index contributed by atoms with van der Waals surface area (Å²) < 4.78 is 7.63. The van der Waals surface area contributed by atoms with Crippen molar-refractivity contribution in [3.05, 3.63) is 35.0 Å². The van der Waals surface area contributed by atoms with Gasteiger partial charge in [-0.25, -0.2) is 4.52 Å². The fourth-order valence-corrected chi connectivity index (χ4v) is 1.63. The van der Waals surface area contributed by atoms with Crippen LogP contribution in [-0.4, -0.2) is 27.3 Å². The van der Waals surface area contributed by atoms with Gasteiger partial charge in [-0.2, -0.15) is 5.10 Å². The first kappa shape index (κ1) is 11.4. The zero-order valence-corrected chi connectivity index (χ0v) is 9.50. The molecule has 0 aromatic carbocycles. The number of nitrogens with zero attached hydrogens (tertiary/aromatic N) is 3. The Morgan fingerprint density at radius 1 is 1.47 bits per heavy atom. The zero-order valence-electron chi connectivity index (χ0n) is 9.50. The number of carbonyl (C=O) groups is 1. The number of ether oxygens (including phenoxy) is 1. The monoisotopic (exact) mass is 235 g/mol. The zero-order chi connectivity index (χ0) is 12.3. The average Bonchev–Trinajstić information content (AvgIpc) is 2.81. The molecule has 2 rings (SSSR count). The van der Waals surface area contributed by atoms with Crippen molar-refractivity contribution in [2.75, 3.05) is 7.11 Å². The van der Waals surface area contributed by atoms with Gasteiger partial charge in [0.15, 0.2) is 0 Å². The van der Waals surface area contributed by atoms with Gasteiger partial charge in [-0.1, -0.05) is 0 Å². The summed E-state index contributed by atoms with van der Waals surface area (Å²) in [4.78, 5) is 22.9. The van der Waals surface area contributed by atoms with Crippen LogP contribution in [0.3, 0.4) is 0 Å². The van der Waals surface area contributed by atoms with Crippen molar-refractivity contribution in [2.24, 2.45) is 0 Å². The molecule has 2 aromatic heterocycles. The Morgan fingerprint density at radius 3 is 3.06 bits per heavy atom. The second kappa shape index (κ2) is 4.82. The lowest BCUT2D eigenvalue weighted by Crippen LogP contribution is -2.21. The normalized spacial score (nSPS) is 10.6. The van der Waals surface area contributed by atoms with E-state index in [-0.39, 0.29) is 11.5 Å². The average molecular weight is 235 g/mol. The van der Waals surface area contributed by atoms with Gasteiger partial charge in [0.05, 0.1) is 13.3 Å². The summed E-state index contributed by atoms with van der Waals surface area (Å²) in [6.07, 6.45) is 5.86. The SMILES string of the molecule is COC(=O)CCCn1ccn2nccc2c1=O. The summed E-state index contributed by atoms with van der Waals surface area (Å²) in [7, 11) is 1.35. The van der Waals surface area contributed by atoms with E-state index in [1.54, 1.807) is 29.2 Å². The van der Waals surface area contributed by atoms with Crippen molar-refractivity contribution in [2.45, 2.75) is 19.4 Å². The largest absolute Gasteiger partial charge is 0.469 e. The van der Waals surface area contributed by atoms with Crippen LogP contribution in [-0.2, 0) is 16.1 Å². The lowest BCUT2D eigenvalue weighted by atomic mass is 10.3. The fourth-order valence-electron chi connectivity index (χ4n) is 1.63. The molecule has 0 bridgehead atoms. The summed E-state index contributed by atoms with van der Waals surface area (Å²) in [6.45, 7) is 0.496. The molecular weight excluding hydrogens is 222 g/mol. The van der Waals surface area contributed by atoms with Crippen molar-refractivity contribution in [3.63, 3.8) is 0 Å². The molecule has 0 fully saturated rings. The van der Waals surface area contributed by atoms with E-state index in [1.165, 1.54) is 11.6 Å². The number of methoxy groups -OCH3 is 1.